The summed E-state index contributed by atoms with van der Waals surface area (Å²) < 4.78 is 26.4. The van der Waals surface area contributed by atoms with Gasteiger partial charge in [0.25, 0.3) is 0 Å². The number of ether oxygens (including phenoxy) is 1. The summed E-state index contributed by atoms with van der Waals surface area (Å²) in [6.07, 6.45) is 4.93. The lowest BCUT2D eigenvalue weighted by Gasteiger charge is -2.40. The van der Waals surface area contributed by atoms with Crippen molar-refractivity contribution in [2.24, 2.45) is 0 Å². The number of methoxy groups -OCH3 is 1. The van der Waals surface area contributed by atoms with Gasteiger partial charge in [0.15, 0.2) is 0 Å². The van der Waals surface area contributed by atoms with Gasteiger partial charge in [-0.1, -0.05) is 31.4 Å². The molecule has 3 nitrogen and oxygen atoms in total. The summed E-state index contributed by atoms with van der Waals surface area (Å²) in [6, 6.07) is 7.11. The first-order chi connectivity index (χ1) is 10.7. The lowest BCUT2D eigenvalue weighted by atomic mass is 9.72. The van der Waals surface area contributed by atoms with E-state index in [-0.39, 0.29) is 5.92 Å². The summed E-state index contributed by atoms with van der Waals surface area (Å²) in [5.74, 6) is 0.340. The molecule has 1 aliphatic rings. The number of hydrogen-bond acceptors (Lipinski definition) is 3. The van der Waals surface area contributed by atoms with Gasteiger partial charge in [-0.2, -0.15) is 0 Å². The van der Waals surface area contributed by atoms with Gasteiger partial charge in [-0.05, 0) is 44.6 Å². The van der Waals surface area contributed by atoms with Crippen LogP contribution in [-0.2, 0) is 0 Å². The minimum Gasteiger partial charge on any atom is -0.497 e. The molecule has 112 valence electrons. The summed E-state index contributed by atoms with van der Waals surface area (Å²) in [4.78, 5) is 2.09. The van der Waals surface area contributed by atoms with Crippen molar-refractivity contribution in [2.75, 3.05) is 27.7 Å². The molecule has 1 aromatic rings. The Morgan fingerprint density at radius 1 is 1.25 bits per heavy atom. The van der Waals surface area contributed by atoms with E-state index in [1.54, 1.807) is 12.1 Å². The normalized spacial score (nSPS) is 22.7. The highest BCUT2D eigenvalue weighted by atomic mass is 16.5. The lowest BCUT2D eigenvalue weighted by Crippen LogP contribution is -2.42. The van der Waals surface area contributed by atoms with Crippen molar-refractivity contribution in [3.63, 3.8) is 0 Å². The highest BCUT2D eigenvalue weighted by Crippen LogP contribution is 2.40. The molecule has 1 fully saturated rings. The fraction of sp³-hybridized carbons (Fsp3) is 0.647. The van der Waals surface area contributed by atoms with E-state index in [2.05, 4.69) is 4.90 Å². The molecule has 0 aromatic heterocycles. The second kappa shape index (κ2) is 6.59. The van der Waals surface area contributed by atoms with E-state index in [9.17, 15) is 5.11 Å². The Bertz CT molecular complexity index is 494. The van der Waals surface area contributed by atoms with Gasteiger partial charge in [-0.15, -0.1) is 0 Å². The van der Waals surface area contributed by atoms with Gasteiger partial charge in [-0.25, -0.2) is 0 Å². The Labute approximate surface area is 126 Å². The molecule has 1 N–H and O–H groups in total. The topological polar surface area (TPSA) is 32.7 Å². The second-order valence-electron chi connectivity index (χ2n) is 6.15. The molecule has 1 aromatic carbocycles. The number of rotatable bonds is 5. The van der Waals surface area contributed by atoms with Gasteiger partial charge in [0.1, 0.15) is 5.75 Å². The first-order valence-corrected chi connectivity index (χ1v) is 7.36. The van der Waals surface area contributed by atoms with Crippen LogP contribution in [0.1, 0.15) is 47.7 Å². The third kappa shape index (κ3) is 3.53. The van der Waals surface area contributed by atoms with E-state index in [1.165, 1.54) is 6.42 Å². The predicted octanol–water partition coefficient (Wildman–Crippen LogP) is 3.04. The number of likely N-dealkylation sites (N-methyl/N-ethyl adjacent to an activating group) is 1. The average molecular weight is 280 g/mol. The number of hydrogen-bond donors (Lipinski definition) is 1. The van der Waals surface area contributed by atoms with Crippen LogP contribution >= 0.6 is 0 Å². The predicted molar refractivity (Wildman–Crippen MR) is 82.3 cm³/mol. The fourth-order valence-electron chi connectivity index (χ4n) is 3.23. The summed E-state index contributed by atoms with van der Waals surface area (Å²) >= 11 is 0. The molecule has 0 heterocycles. The molecule has 0 unspecified atom stereocenters. The molecule has 1 aliphatic carbocycles. The summed E-state index contributed by atoms with van der Waals surface area (Å²) in [6.45, 7) is 0.760. The van der Waals surface area contributed by atoms with Crippen molar-refractivity contribution in [3.8, 4) is 5.75 Å². The molecule has 1 atom stereocenters. The van der Waals surface area contributed by atoms with Crippen LogP contribution in [0.2, 0.25) is 0 Å². The minimum absolute atomic E-state index is 0.0135. The van der Waals surface area contributed by atoms with Crippen molar-refractivity contribution in [1.29, 1.82) is 0 Å². The van der Waals surface area contributed by atoms with Crippen molar-refractivity contribution < 1.29 is 14.0 Å². The van der Waals surface area contributed by atoms with Crippen LogP contribution in [0.25, 0.3) is 0 Å². The minimum atomic E-state index is -2.44. The van der Waals surface area contributed by atoms with E-state index in [0.717, 1.165) is 37.8 Å². The largest absolute Gasteiger partial charge is 0.497 e. The Kier molecular flexibility index (Phi) is 3.82. The molecule has 1 saturated carbocycles. The molecule has 0 spiro atoms. The number of aliphatic hydroxyl groups is 1. The quantitative estimate of drug-likeness (QED) is 0.900. The third-order valence-corrected chi connectivity index (χ3v) is 4.32. The first-order valence-electron chi connectivity index (χ1n) is 8.86. The fourth-order valence-corrected chi connectivity index (χ4v) is 3.23. The smallest absolute Gasteiger partial charge is 0.118 e. The standard InChI is InChI=1S/C17H27NO2/c1-18(2)13-16(17(19)11-5-4-6-12-17)14-7-9-15(20-3)10-8-14/h7-10,16,19H,4-6,11-13H2,1-3H3/t16-/m1/s1/i3D3. The summed E-state index contributed by atoms with van der Waals surface area (Å²) in [5.41, 5.74) is 0.343. The van der Waals surface area contributed by atoms with Crippen LogP contribution in [0.15, 0.2) is 24.3 Å². The zero-order chi connectivity index (χ0) is 17.1. The molecule has 0 aliphatic heterocycles. The van der Waals surface area contributed by atoms with Crippen LogP contribution in [0.3, 0.4) is 0 Å². The van der Waals surface area contributed by atoms with Crippen molar-refractivity contribution in [3.05, 3.63) is 29.8 Å². The van der Waals surface area contributed by atoms with Gasteiger partial charge in [0.05, 0.1) is 16.8 Å². The van der Waals surface area contributed by atoms with Gasteiger partial charge >= 0.3 is 0 Å². The Morgan fingerprint density at radius 2 is 1.90 bits per heavy atom. The van der Waals surface area contributed by atoms with E-state index < -0.39 is 12.6 Å². The molecule has 0 bridgehead atoms. The van der Waals surface area contributed by atoms with E-state index in [1.807, 2.05) is 26.2 Å². The first kappa shape index (κ1) is 11.6. The molecule has 0 amide bonds. The van der Waals surface area contributed by atoms with E-state index >= 15 is 0 Å². The number of benzene rings is 1. The maximum Gasteiger partial charge on any atom is 0.118 e. The van der Waals surface area contributed by atoms with Crippen LogP contribution in [0.4, 0.5) is 0 Å². The maximum atomic E-state index is 11.1. The van der Waals surface area contributed by atoms with Crippen LogP contribution < -0.4 is 4.74 Å². The average Bonchev–Trinajstić information content (AvgIpc) is 2.45. The summed E-state index contributed by atoms with van der Waals surface area (Å²) in [7, 11) is 1.57. The van der Waals surface area contributed by atoms with Crippen LogP contribution in [-0.4, -0.2) is 43.3 Å². The highest BCUT2D eigenvalue weighted by Gasteiger charge is 2.38. The lowest BCUT2D eigenvalue weighted by molar-refractivity contribution is -0.0277. The number of nitrogens with zero attached hydrogens (tertiary/aromatic N) is 1. The molecule has 0 saturated heterocycles. The van der Waals surface area contributed by atoms with Gasteiger partial charge in [0, 0.05) is 12.5 Å². The second-order valence-corrected chi connectivity index (χ2v) is 6.15. The van der Waals surface area contributed by atoms with Crippen molar-refractivity contribution >= 4 is 0 Å². The third-order valence-electron chi connectivity index (χ3n) is 4.32. The van der Waals surface area contributed by atoms with Crippen LogP contribution in [0.5, 0.6) is 5.75 Å². The van der Waals surface area contributed by atoms with Crippen molar-refractivity contribution in [2.45, 2.75) is 43.6 Å². The molecule has 20 heavy (non-hydrogen) atoms. The Balaban J connectivity index is 2.21. The Morgan fingerprint density at radius 3 is 2.45 bits per heavy atom. The monoisotopic (exact) mass is 280 g/mol. The Hall–Kier alpha value is -1.06. The van der Waals surface area contributed by atoms with Gasteiger partial charge < -0.3 is 14.7 Å². The molecular weight excluding hydrogens is 250 g/mol. The van der Waals surface area contributed by atoms with E-state index in [4.69, 9.17) is 8.85 Å². The van der Waals surface area contributed by atoms with Crippen LogP contribution in [0, 0.1) is 0 Å². The van der Waals surface area contributed by atoms with Gasteiger partial charge in [0.2, 0.25) is 0 Å². The highest BCUT2D eigenvalue weighted by molar-refractivity contribution is 5.31. The van der Waals surface area contributed by atoms with E-state index in [0.29, 0.717) is 5.75 Å². The zero-order valence-corrected chi connectivity index (χ0v) is 12.4. The molecule has 3 heteroatoms. The molecule has 2 rings (SSSR count). The SMILES string of the molecule is [2H]C([2H])([2H])Oc1ccc([C@@H](CN(C)C)C2(O)CCCCC2)cc1. The molecule has 0 radical (unpaired) electrons. The zero-order valence-electron chi connectivity index (χ0n) is 15.4. The summed E-state index contributed by atoms with van der Waals surface area (Å²) in [5, 5.41) is 11.1. The molecular formula is C17H27NO2. The van der Waals surface area contributed by atoms with Gasteiger partial charge in [-0.3, -0.25) is 0 Å². The maximum absolute atomic E-state index is 11.1. The van der Waals surface area contributed by atoms with Crippen molar-refractivity contribution in [1.82, 2.24) is 4.90 Å².